The minimum absolute atomic E-state index is 0.00667. The summed E-state index contributed by atoms with van der Waals surface area (Å²) in [4.78, 5) is 11.1. The molecular formula is C20H26O7. The first-order valence-electron chi connectivity index (χ1n) is 8.49. The summed E-state index contributed by atoms with van der Waals surface area (Å²) in [7, 11) is 0. The van der Waals surface area contributed by atoms with Crippen molar-refractivity contribution in [3.8, 4) is 11.5 Å². The van der Waals surface area contributed by atoms with Gasteiger partial charge in [0.05, 0.1) is 25.4 Å². The first-order chi connectivity index (χ1) is 12.9. The molecule has 0 aliphatic rings. The van der Waals surface area contributed by atoms with Gasteiger partial charge in [-0.15, -0.1) is 0 Å². The number of aliphatic hydroxyl groups is 2. The second-order valence-corrected chi connectivity index (χ2v) is 5.71. The van der Waals surface area contributed by atoms with Gasteiger partial charge in [0, 0.05) is 0 Å². The quantitative estimate of drug-likeness (QED) is 0.575. The molecule has 2 rings (SSSR count). The fourth-order valence-electron chi connectivity index (χ4n) is 1.73. The van der Waals surface area contributed by atoms with E-state index in [1.807, 2.05) is 12.1 Å². The molecule has 7 nitrogen and oxygen atoms in total. The van der Waals surface area contributed by atoms with Crippen molar-refractivity contribution in [3.63, 3.8) is 0 Å². The zero-order valence-electron chi connectivity index (χ0n) is 15.4. The zero-order chi connectivity index (χ0) is 20.1. The molecule has 0 fully saturated rings. The van der Waals surface area contributed by atoms with Crippen molar-refractivity contribution in [2.45, 2.75) is 32.3 Å². The fraction of sp³-hybridized carbons (Fsp3) is 0.350. The molecule has 148 valence electrons. The van der Waals surface area contributed by atoms with Crippen LogP contribution < -0.4 is 9.47 Å². The molecule has 0 radical (unpaired) electrons. The maximum absolute atomic E-state index is 11.1. The van der Waals surface area contributed by atoms with E-state index in [2.05, 4.69) is 0 Å². The van der Waals surface area contributed by atoms with Crippen LogP contribution in [0.15, 0.2) is 60.7 Å². The van der Waals surface area contributed by atoms with Crippen LogP contribution in [0.3, 0.4) is 0 Å². The minimum atomic E-state index is -1.37. The Bertz CT molecular complexity index is 590. The topological polar surface area (TPSA) is 105 Å². The van der Waals surface area contributed by atoms with Crippen LogP contribution in [-0.4, -0.2) is 53.0 Å². The molecule has 0 saturated carbocycles. The molecule has 0 aliphatic carbocycles. The third-order valence-corrected chi connectivity index (χ3v) is 3.05. The summed E-state index contributed by atoms with van der Waals surface area (Å²) in [5.41, 5.74) is 0. The van der Waals surface area contributed by atoms with Crippen molar-refractivity contribution in [2.24, 2.45) is 0 Å². The molecule has 0 amide bonds. The van der Waals surface area contributed by atoms with Crippen LogP contribution in [0.4, 0.5) is 0 Å². The molecule has 0 aromatic heterocycles. The Kier molecular flexibility index (Phi) is 10.5. The van der Waals surface area contributed by atoms with Gasteiger partial charge in [0.2, 0.25) is 0 Å². The molecule has 0 bridgehead atoms. The van der Waals surface area contributed by atoms with Gasteiger partial charge in [0.25, 0.3) is 0 Å². The van der Waals surface area contributed by atoms with Crippen molar-refractivity contribution >= 4 is 5.97 Å². The van der Waals surface area contributed by atoms with Gasteiger partial charge in [-0.25, -0.2) is 4.79 Å². The number of benzene rings is 2. The smallest absolute Gasteiger partial charge is 0.387 e. The van der Waals surface area contributed by atoms with Crippen molar-refractivity contribution in [2.75, 3.05) is 13.2 Å². The van der Waals surface area contributed by atoms with E-state index in [1.165, 1.54) is 0 Å². The van der Waals surface area contributed by atoms with Crippen LogP contribution in [0.2, 0.25) is 0 Å². The Balaban J connectivity index is 0.000000345. The van der Waals surface area contributed by atoms with Crippen LogP contribution in [0.5, 0.6) is 11.5 Å². The number of rotatable bonds is 9. The summed E-state index contributed by atoms with van der Waals surface area (Å²) in [5, 5.41) is 26.2. The number of ether oxygens (including phenoxy) is 3. The van der Waals surface area contributed by atoms with E-state index in [1.54, 1.807) is 62.4 Å². The van der Waals surface area contributed by atoms with Gasteiger partial charge >= 0.3 is 12.3 Å². The Morgan fingerprint density at radius 3 is 1.70 bits per heavy atom. The van der Waals surface area contributed by atoms with E-state index < -0.39 is 18.4 Å². The molecule has 2 aromatic carbocycles. The lowest BCUT2D eigenvalue weighted by atomic mass is 10.3. The van der Waals surface area contributed by atoms with E-state index in [-0.39, 0.29) is 12.7 Å². The third-order valence-electron chi connectivity index (χ3n) is 3.05. The summed E-state index contributed by atoms with van der Waals surface area (Å²) in [6.45, 7) is 3.70. The second-order valence-electron chi connectivity index (χ2n) is 5.71. The molecule has 7 heteroatoms. The summed E-state index contributed by atoms with van der Waals surface area (Å²) >= 11 is 0. The standard InChI is InChI=1S/C14H12O4.C6H14O3/c15-13(16)14(17-11-7-3-1-4-8-11)18-12-9-5-2-6-10-12;1-5(8)4-9-6(2)3-7/h1-10,14H,(H,15,16);5-8H,3-4H2,1-2H3. The molecule has 0 saturated heterocycles. The van der Waals surface area contributed by atoms with Crippen LogP contribution in [0.1, 0.15) is 13.8 Å². The van der Waals surface area contributed by atoms with Crippen molar-refractivity contribution < 1.29 is 34.3 Å². The SMILES string of the molecule is CC(O)COC(C)CO.O=C(O)C(Oc1ccccc1)Oc1ccccc1. The summed E-state index contributed by atoms with van der Waals surface area (Å²) < 4.78 is 15.5. The monoisotopic (exact) mass is 378 g/mol. The van der Waals surface area contributed by atoms with Crippen molar-refractivity contribution in [3.05, 3.63) is 60.7 Å². The van der Waals surface area contributed by atoms with E-state index in [0.717, 1.165) is 0 Å². The van der Waals surface area contributed by atoms with Gasteiger partial charge in [0.15, 0.2) is 0 Å². The Labute approximate surface area is 158 Å². The molecular weight excluding hydrogens is 352 g/mol. The Morgan fingerprint density at radius 2 is 1.37 bits per heavy atom. The number of hydrogen-bond acceptors (Lipinski definition) is 6. The first-order valence-corrected chi connectivity index (χ1v) is 8.49. The Hall–Kier alpha value is -2.61. The molecule has 2 aromatic rings. The average Bonchev–Trinajstić information content (AvgIpc) is 2.67. The lowest BCUT2D eigenvalue weighted by Gasteiger charge is -2.16. The van der Waals surface area contributed by atoms with Crippen LogP contribution in [-0.2, 0) is 9.53 Å². The van der Waals surface area contributed by atoms with Gasteiger partial charge < -0.3 is 29.5 Å². The second kappa shape index (κ2) is 12.7. The normalized spacial score (nSPS) is 12.5. The Morgan fingerprint density at radius 1 is 0.926 bits per heavy atom. The minimum Gasteiger partial charge on any atom is -0.476 e. The van der Waals surface area contributed by atoms with Gasteiger partial charge in [-0.3, -0.25) is 0 Å². The predicted molar refractivity (Wildman–Crippen MR) is 99.7 cm³/mol. The molecule has 0 spiro atoms. The summed E-state index contributed by atoms with van der Waals surface area (Å²) in [5.74, 6) is -0.288. The van der Waals surface area contributed by atoms with Crippen LogP contribution in [0.25, 0.3) is 0 Å². The van der Waals surface area contributed by atoms with E-state index in [0.29, 0.717) is 18.1 Å². The van der Waals surface area contributed by atoms with Gasteiger partial charge in [-0.05, 0) is 38.1 Å². The van der Waals surface area contributed by atoms with Gasteiger partial charge in [0.1, 0.15) is 11.5 Å². The number of aliphatic hydroxyl groups excluding tert-OH is 2. The fourth-order valence-corrected chi connectivity index (χ4v) is 1.73. The maximum Gasteiger partial charge on any atom is 0.387 e. The van der Waals surface area contributed by atoms with E-state index in [4.69, 9.17) is 29.5 Å². The highest BCUT2D eigenvalue weighted by molar-refractivity contribution is 5.71. The van der Waals surface area contributed by atoms with Gasteiger partial charge in [-0.2, -0.15) is 0 Å². The molecule has 27 heavy (non-hydrogen) atoms. The zero-order valence-corrected chi connectivity index (χ0v) is 15.4. The number of para-hydroxylation sites is 2. The lowest BCUT2D eigenvalue weighted by molar-refractivity contribution is -0.158. The third kappa shape index (κ3) is 10.2. The highest BCUT2D eigenvalue weighted by Crippen LogP contribution is 2.15. The molecule has 0 aliphatic heterocycles. The van der Waals surface area contributed by atoms with Crippen LogP contribution >= 0.6 is 0 Å². The molecule has 2 unspecified atom stereocenters. The van der Waals surface area contributed by atoms with E-state index in [9.17, 15) is 4.79 Å². The summed E-state index contributed by atoms with van der Waals surface area (Å²) in [6, 6.07) is 17.4. The number of aliphatic carboxylic acids is 1. The molecule has 0 heterocycles. The molecule has 3 N–H and O–H groups in total. The number of carbonyl (C=O) groups is 1. The maximum atomic E-state index is 11.1. The highest BCUT2D eigenvalue weighted by atomic mass is 16.7. The van der Waals surface area contributed by atoms with Crippen molar-refractivity contribution in [1.29, 1.82) is 0 Å². The number of carboxylic acid groups (broad SMARTS) is 1. The number of hydrogen-bond donors (Lipinski definition) is 3. The van der Waals surface area contributed by atoms with Crippen molar-refractivity contribution in [1.82, 2.24) is 0 Å². The van der Waals surface area contributed by atoms with Crippen LogP contribution in [0, 0.1) is 0 Å². The average molecular weight is 378 g/mol. The highest BCUT2D eigenvalue weighted by Gasteiger charge is 2.21. The first kappa shape index (κ1) is 22.4. The van der Waals surface area contributed by atoms with E-state index >= 15 is 0 Å². The predicted octanol–water partition coefficient (Wildman–Crippen LogP) is 2.32. The summed E-state index contributed by atoms with van der Waals surface area (Å²) in [6.07, 6.45) is -1.98. The number of carboxylic acids is 1. The lowest BCUT2D eigenvalue weighted by Crippen LogP contribution is -2.33. The molecule has 2 atom stereocenters. The largest absolute Gasteiger partial charge is 0.476 e. The van der Waals surface area contributed by atoms with Gasteiger partial charge in [-0.1, -0.05) is 36.4 Å².